The Hall–Kier alpha value is -2.02. The van der Waals surface area contributed by atoms with Gasteiger partial charge in [-0.15, -0.1) is 0 Å². The molecule has 20 heavy (non-hydrogen) atoms. The zero-order valence-corrected chi connectivity index (χ0v) is 11.1. The van der Waals surface area contributed by atoms with Gasteiger partial charge >= 0.3 is 5.97 Å². The molecule has 0 aliphatic heterocycles. The van der Waals surface area contributed by atoms with Crippen LogP contribution < -0.4 is 10.6 Å². The summed E-state index contributed by atoms with van der Waals surface area (Å²) in [4.78, 5) is 22.5. The van der Waals surface area contributed by atoms with Gasteiger partial charge in [-0.3, -0.25) is 14.9 Å². The number of benzene rings is 1. The lowest BCUT2D eigenvalue weighted by Crippen LogP contribution is -2.44. The maximum atomic E-state index is 12.9. The Labute approximate surface area is 115 Å². The zero-order valence-electron chi connectivity index (χ0n) is 11.1. The number of carboxylic acid groups (broad SMARTS) is 1. The molecule has 0 aliphatic carbocycles. The Morgan fingerprint density at radius 2 is 1.90 bits per heavy atom. The normalized spacial score (nSPS) is 12.2. The molecule has 1 rings (SSSR count). The summed E-state index contributed by atoms with van der Waals surface area (Å²) >= 11 is 0. The summed E-state index contributed by atoms with van der Waals surface area (Å²) in [5, 5.41) is 13.9. The molecule has 1 aromatic rings. The van der Waals surface area contributed by atoms with Crippen molar-refractivity contribution in [1.82, 2.24) is 5.32 Å². The minimum Gasteiger partial charge on any atom is -0.480 e. The Bertz CT molecular complexity index is 506. The zero-order chi connectivity index (χ0) is 15.3. The summed E-state index contributed by atoms with van der Waals surface area (Å²) in [6.45, 7) is 3.17. The average Bonchev–Trinajstić information content (AvgIpc) is 2.33. The van der Waals surface area contributed by atoms with E-state index < -0.39 is 29.6 Å². The first-order valence-corrected chi connectivity index (χ1v) is 6.02. The number of aliphatic carboxylic acids is 1. The lowest BCUT2D eigenvalue weighted by atomic mass is 10.1. The van der Waals surface area contributed by atoms with Gasteiger partial charge in [0.25, 0.3) is 0 Å². The minimum atomic E-state index is -1.07. The molecule has 0 spiro atoms. The van der Waals surface area contributed by atoms with Crippen LogP contribution in [0.3, 0.4) is 0 Å². The molecule has 5 nitrogen and oxygen atoms in total. The van der Waals surface area contributed by atoms with Crippen LogP contribution in [0.2, 0.25) is 0 Å². The van der Waals surface area contributed by atoms with Gasteiger partial charge in [-0.1, -0.05) is 13.8 Å². The number of carbonyl (C=O) groups excluding carboxylic acids is 1. The molecule has 0 aliphatic rings. The molecule has 7 heteroatoms. The summed E-state index contributed by atoms with van der Waals surface area (Å²) in [7, 11) is 0. The molecule has 0 radical (unpaired) electrons. The smallest absolute Gasteiger partial charge is 0.320 e. The van der Waals surface area contributed by atoms with Gasteiger partial charge in [0.05, 0.1) is 6.54 Å². The standard InChI is InChI=1S/C13H16F2N2O3/c1-7(2)12(13(19)20)16-6-11(18)17-8-3-4-9(14)10(15)5-8/h3-5,7,12,16H,6H2,1-2H3,(H,17,18)(H,19,20). The average molecular weight is 286 g/mol. The summed E-state index contributed by atoms with van der Waals surface area (Å²) in [6.07, 6.45) is 0. The van der Waals surface area contributed by atoms with E-state index in [1.807, 2.05) is 0 Å². The second-order valence-electron chi connectivity index (χ2n) is 4.62. The van der Waals surface area contributed by atoms with Crippen molar-refractivity contribution < 1.29 is 23.5 Å². The van der Waals surface area contributed by atoms with Crippen LogP contribution in [0.15, 0.2) is 18.2 Å². The first kappa shape index (κ1) is 16.0. The quantitative estimate of drug-likeness (QED) is 0.742. The number of halogens is 2. The van der Waals surface area contributed by atoms with Crippen LogP contribution in [0, 0.1) is 17.6 Å². The highest BCUT2D eigenvalue weighted by molar-refractivity contribution is 5.92. The molecule has 1 aromatic carbocycles. The largest absolute Gasteiger partial charge is 0.480 e. The Morgan fingerprint density at radius 1 is 1.25 bits per heavy atom. The van der Waals surface area contributed by atoms with Crippen LogP contribution in [0.1, 0.15) is 13.8 Å². The number of hydrogen-bond acceptors (Lipinski definition) is 3. The minimum absolute atomic E-state index is 0.104. The molecule has 0 heterocycles. The molecule has 0 aromatic heterocycles. The van der Waals surface area contributed by atoms with E-state index in [1.54, 1.807) is 13.8 Å². The lowest BCUT2D eigenvalue weighted by molar-refractivity contribution is -0.140. The number of carbonyl (C=O) groups is 2. The Balaban J connectivity index is 2.55. The van der Waals surface area contributed by atoms with Gasteiger partial charge < -0.3 is 10.4 Å². The van der Waals surface area contributed by atoms with Gasteiger partial charge in [-0.05, 0) is 18.1 Å². The highest BCUT2D eigenvalue weighted by Crippen LogP contribution is 2.12. The van der Waals surface area contributed by atoms with Crippen LogP contribution in [0.5, 0.6) is 0 Å². The van der Waals surface area contributed by atoms with Crippen LogP contribution in [0.25, 0.3) is 0 Å². The highest BCUT2D eigenvalue weighted by Gasteiger charge is 2.21. The fourth-order valence-corrected chi connectivity index (χ4v) is 1.59. The summed E-state index contributed by atoms with van der Waals surface area (Å²) in [5.74, 6) is -3.86. The molecule has 1 atom stereocenters. The van der Waals surface area contributed by atoms with E-state index >= 15 is 0 Å². The summed E-state index contributed by atoms with van der Waals surface area (Å²) < 4.78 is 25.6. The third-order valence-corrected chi connectivity index (χ3v) is 2.62. The van der Waals surface area contributed by atoms with E-state index in [2.05, 4.69) is 10.6 Å². The number of amides is 1. The number of nitrogens with one attached hydrogen (secondary N) is 2. The van der Waals surface area contributed by atoms with E-state index in [1.165, 1.54) is 6.07 Å². The maximum absolute atomic E-state index is 12.9. The number of anilines is 1. The number of carboxylic acids is 1. The molecule has 110 valence electrons. The van der Waals surface area contributed by atoms with Crippen LogP contribution in [-0.4, -0.2) is 29.6 Å². The second-order valence-corrected chi connectivity index (χ2v) is 4.62. The lowest BCUT2D eigenvalue weighted by Gasteiger charge is -2.17. The molecule has 0 fully saturated rings. The fourth-order valence-electron chi connectivity index (χ4n) is 1.59. The Morgan fingerprint density at radius 3 is 2.40 bits per heavy atom. The third-order valence-electron chi connectivity index (χ3n) is 2.62. The van der Waals surface area contributed by atoms with Crippen molar-refractivity contribution >= 4 is 17.6 Å². The molecule has 3 N–H and O–H groups in total. The van der Waals surface area contributed by atoms with E-state index in [-0.39, 0.29) is 18.2 Å². The fraction of sp³-hybridized carbons (Fsp3) is 0.385. The second kappa shape index (κ2) is 6.95. The van der Waals surface area contributed by atoms with E-state index in [0.717, 1.165) is 12.1 Å². The van der Waals surface area contributed by atoms with Crippen molar-refractivity contribution in [2.45, 2.75) is 19.9 Å². The Kier molecular flexibility index (Phi) is 5.57. The van der Waals surface area contributed by atoms with Gasteiger partial charge in [0.1, 0.15) is 6.04 Å². The van der Waals surface area contributed by atoms with Crippen LogP contribution in [0.4, 0.5) is 14.5 Å². The van der Waals surface area contributed by atoms with Crippen molar-refractivity contribution in [2.75, 3.05) is 11.9 Å². The van der Waals surface area contributed by atoms with E-state index in [9.17, 15) is 18.4 Å². The van der Waals surface area contributed by atoms with Gasteiger partial charge in [-0.2, -0.15) is 0 Å². The van der Waals surface area contributed by atoms with Gasteiger partial charge in [0.2, 0.25) is 5.91 Å². The monoisotopic (exact) mass is 286 g/mol. The molecular formula is C13H16F2N2O3. The van der Waals surface area contributed by atoms with Crippen molar-refractivity contribution in [3.63, 3.8) is 0 Å². The molecule has 0 saturated carbocycles. The molecule has 0 bridgehead atoms. The molecule has 0 saturated heterocycles. The van der Waals surface area contributed by atoms with Crippen molar-refractivity contribution in [1.29, 1.82) is 0 Å². The van der Waals surface area contributed by atoms with Gasteiger partial charge in [0, 0.05) is 11.8 Å². The number of rotatable bonds is 6. The molecular weight excluding hydrogens is 270 g/mol. The predicted octanol–water partition coefficient (Wildman–Crippen LogP) is 1.60. The SMILES string of the molecule is CC(C)C(NCC(=O)Nc1ccc(F)c(F)c1)C(=O)O. The van der Waals surface area contributed by atoms with Crippen molar-refractivity contribution in [2.24, 2.45) is 5.92 Å². The van der Waals surface area contributed by atoms with E-state index in [0.29, 0.717) is 0 Å². The number of hydrogen-bond donors (Lipinski definition) is 3. The van der Waals surface area contributed by atoms with Gasteiger partial charge in [-0.25, -0.2) is 8.78 Å². The topological polar surface area (TPSA) is 78.4 Å². The van der Waals surface area contributed by atoms with Crippen molar-refractivity contribution in [3.8, 4) is 0 Å². The maximum Gasteiger partial charge on any atom is 0.320 e. The van der Waals surface area contributed by atoms with E-state index in [4.69, 9.17) is 5.11 Å². The third kappa shape index (κ3) is 4.58. The van der Waals surface area contributed by atoms with Crippen LogP contribution >= 0.6 is 0 Å². The van der Waals surface area contributed by atoms with Gasteiger partial charge in [0.15, 0.2) is 11.6 Å². The summed E-state index contributed by atoms with van der Waals surface area (Å²) in [5.41, 5.74) is 0.104. The molecule has 1 unspecified atom stereocenters. The first-order valence-electron chi connectivity index (χ1n) is 6.02. The first-order chi connectivity index (χ1) is 9.31. The van der Waals surface area contributed by atoms with Crippen LogP contribution in [-0.2, 0) is 9.59 Å². The summed E-state index contributed by atoms with van der Waals surface area (Å²) in [6, 6.07) is 2.11. The molecule has 1 amide bonds. The highest BCUT2D eigenvalue weighted by atomic mass is 19.2. The van der Waals surface area contributed by atoms with Crippen molar-refractivity contribution in [3.05, 3.63) is 29.8 Å². The predicted molar refractivity (Wildman–Crippen MR) is 69.3 cm³/mol.